The Hall–Kier alpha value is -2.47. The predicted molar refractivity (Wildman–Crippen MR) is 105 cm³/mol. The number of thiol groups is 1. The van der Waals surface area contributed by atoms with Gasteiger partial charge >= 0.3 is 0 Å². The van der Waals surface area contributed by atoms with Gasteiger partial charge in [0.25, 0.3) is 0 Å². The smallest absolute Gasteiger partial charge is 0.126 e. The summed E-state index contributed by atoms with van der Waals surface area (Å²) in [4.78, 5) is 9.34. The first-order valence-corrected chi connectivity index (χ1v) is 8.14. The van der Waals surface area contributed by atoms with Gasteiger partial charge in [-0.15, -0.1) is 12.6 Å². The summed E-state index contributed by atoms with van der Waals surface area (Å²) in [5.74, 6) is 1.20. The first-order chi connectivity index (χ1) is 11.5. The van der Waals surface area contributed by atoms with E-state index in [1.807, 2.05) is 31.2 Å². The van der Waals surface area contributed by atoms with Crippen LogP contribution in [0, 0.1) is 13.8 Å². The molecule has 0 aliphatic rings. The largest absolute Gasteiger partial charge is 0.398 e. The van der Waals surface area contributed by atoms with Crippen LogP contribution in [0.2, 0.25) is 0 Å². The second kappa shape index (κ2) is 8.40. The molecule has 1 aromatic carbocycles. The molecule has 0 bridgehead atoms. The van der Waals surface area contributed by atoms with Crippen LogP contribution in [-0.2, 0) is 0 Å². The normalized spacial score (nSPS) is 12.3. The Morgan fingerprint density at radius 1 is 1.25 bits per heavy atom. The molecule has 5 N–H and O–H groups in total. The molecule has 1 aromatic heterocycles. The summed E-state index contributed by atoms with van der Waals surface area (Å²) in [6.45, 7) is 5.28. The van der Waals surface area contributed by atoms with Crippen molar-refractivity contribution in [1.29, 1.82) is 0 Å². The first kappa shape index (κ1) is 17.9. The van der Waals surface area contributed by atoms with Crippen molar-refractivity contribution in [2.24, 2.45) is 16.5 Å². The molecule has 0 saturated carbocycles. The van der Waals surface area contributed by atoms with Gasteiger partial charge in [0.1, 0.15) is 11.7 Å². The Kier molecular flexibility index (Phi) is 6.26. The lowest BCUT2D eigenvalue weighted by Crippen LogP contribution is -2.15. The molecule has 0 aliphatic carbocycles. The van der Waals surface area contributed by atoms with E-state index in [1.54, 1.807) is 12.3 Å². The lowest BCUT2D eigenvalue weighted by molar-refractivity contribution is 1.01. The summed E-state index contributed by atoms with van der Waals surface area (Å²) < 4.78 is 0. The number of rotatable bonds is 6. The second-order valence-electron chi connectivity index (χ2n) is 5.48. The lowest BCUT2D eigenvalue weighted by atomic mass is 10.0. The number of hydrogen-bond donors (Lipinski definition) is 4. The molecule has 2 aromatic rings. The highest BCUT2D eigenvalue weighted by molar-refractivity contribution is 7.80. The zero-order valence-electron chi connectivity index (χ0n) is 14.0. The third kappa shape index (κ3) is 5.03. The van der Waals surface area contributed by atoms with Gasteiger partial charge in [0, 0.05) is 35.0 Å². The van der Waals surface area contributed by atoms with E-state index in [4.69, 9.17) is 11.5 Å². The number of amidine groups is 1. The van der Waals surface area contributed by atoms with E-state index >= 15 is 0 Å². The van der Waals surface area contributed by atoms with Crippen molar-refractivity contribution in [3.8, 4) is 0 Å². The van der Waals surface area contributed by atoms with Crippen LogP contribution in [0.1, 0.15) is 16.7 Å². The topological polar surface area (TPSA) is 89.3 Å². The molecule has 0 saturated heterocycles. The summed E-state index contributed by atoms with van der Waals surface area (Å²) in [5, 5.41) is 3.17. The molecule has 0 atom stereocenters. The number of nitrogens with zero attached hydrogens (tertiary/aromatic N) is 2. The van der Waals surface area contributed by atoms with Crippen LogP contribution < -0.4 is 16.8 Å². The number of aromatic nitrogens is 1. The van der Waals surface area contributed by atoms with E-state index in [-0.39, 0.29) is 0 Å². The van der Waals surface area contributed by atoms with E-state index in [0.717, 1.165) is 21.8 Å². The molecule has 1 heterocycles. The molecule has 2 rings (SSSR count). The van der Waals surface area contributed by atoms with Crippen LogP contribution in [0.3, 0.4) is 0 Å². The number of pyridine rings is 1. The van der Waals surface area contributed by atoms with Crippen molar-refractivity contribution in [2.45, 2.75) is 18.7 Å². The fourth-order valence-electron chi connectivity index (χ4n) is 2.21. The van der Waals surface area contributed by atoms with Crippen LogP contribution in [0.4, 0.5) is 5.82 Å². The van der Waals surface area contributed by atoms with Crippen LogP contribution in [0.15, 0.2) is 52.5 Å². The fraction of sp³-hybridized carbons (Fsp3) is 0.222. The number of hydrogen-bond acceptors (Lipinski definition) is 5. The highest BCUT2D eigenvalue weighted by Gasteiger charge is 2.03. The molecular weight excluding hydrogens is 318 g/mol. The number of nitrogens with two attached hydrogens (primary N) is 2. The van der Waals surface area contributed by atoms with Gasteiger partial charge in [0.05, 0.1) is 6.54 Å². The zero-order chi connectivity index (χ0) is 17.5. The maximum absolute atomic E-state index is 6.14. The van der Waals surface area contributed by atoms with Gasteiger partial charge in [-0.05, 0) is 37.1 Å². The summed E-state index contributed by atoms with van der Waals surface area (Å²) in [7, 11) is 0. The Morgan fingerprint density at radius 3 is 2.75 bits per heavy atom. The van der Waals surface area contributed by atoms with Crippen molar-refractivity contribution >= 4 is 30.0 Å². The van der Waals surface area contributed by atoms with Crippen molar-refractivity contribution in [1.82, 2.24) is 4.98 Å². The number of benzene rings is 1. The van der Waals surface area contributed by atoms with Gasteiger partial charge < -0.3 is 16.8 Å². The van der Waals surface area contributed by atoms with Gasteiger partial charge in [-0.3, -0.25) is 4.99 Å². The van der Waals surface area contributed by atoms with Crippen LogP contribution >= 0.6 is 12.6 Å². The maximum atomic E-state index is 6.14. The average molecular weight is 341 g/mol. The standard InChI is InChI=1S/C18H23N5S/c1-12-4-3-5-15(13(12)2)16(19)10-17(20)21-8-9-22-18-7-6-14(24)11-23-18/h3-7,10-11,24H,8-9,19H2,1-2H3,(H2,20,21)(H,22,23)/b16-10-. The number of anilines is 1. The summed E-state index contributed by atoms with van der Waals surface area (Å²) in [5.41, 5.74) is 16.0. The van der Waals surface area contributed by atoms with E-state index in [1.165, 1.54) is 5.56 Å². The van der Waals surface area contributed by atoms with Gasteiger partial charge in [-0.1, -0.05) is 18.2 Å². The summed E-state index contributed by atoms with van der Waals surface area (Å²) in [6.07, 6.45) is 3.40. The minimum atomic E-state index is 0.411. The Morgan fingerprint density at radius 2 is 2.04 bits per heavy atom. The number of aryl methyl sites for hydroxylation is 1. The Bertz CT molecular complexity index is 751. The van der Waals surface area contributed by atoms with E-state index in [0.29, 0.717) is 24.6 Å². The molecule has 0 fully saturated rings. The van der Waals surface area contributed by atoms with Crippen LogP contribution in [0.5, 0.6) is 0 Å². The molecule has 5 nitrogen and oxygen atoms in total. The third-order valence-corrected chi connectivity index (χ3v) is 3.94. The molecule has 126 valence electrons. The SMILES string of the molecule is Cc1cccc(/C(N)=C/C(N)=NCCNc2ccc(S)cn2)c1C. The maximum Gasteiger partial charge on any atom is 0.126 e. The van der Waals surface area contributed by atoms with Gasteiger partial charge in [-0.25, -0.2) is 4.98 Å². The molecule has 0 unspecified atom stereocenters. The van der Waals surface area contributed by atoms with Gasteiger partial charge in [0.15, 0.2) is 0 Å². The molecule has 0 aliphatic heterocycles. The highest BCUT2D eigenvalue weighted by atomic mass is 32.1. The summed E-state index contributed by atoms with van der Waals surface area (Å²) >= 11 is 4.20. The molecule has 0 spiro atoms. The van der Waals surface area contributed by atoms with Crippen molar-refractivity contribution in [3.63, 3.8) is 0 Å². The Labute approximate surface area is 148 Å². The van der Waals surface area contributed by atoms with E-state index in [2.05, 4.69) is 40.9 Å². The van der Waals surface area contributed by atoms with E-state index < -0.39 is 0 Å². The van der Waals surface area contributed by atoms with Crippen molar-refractivity contribution in [3.05, 3.63) is 59.3 Å². The molecular formula is C18H23N5S. The minimum absolute atomic E-state index is 0.411. The molecule has 0 amide bonds. The monoisotopic (exact) mass is 341 g/mol. The Balaban J connectivity index is 1.93. The predicted octanol–water partition coefficient (Wildman–Crippen LogP) is 2.76. The lowest BCUT2D eigenvalue weighted by Gasteiger charge is -2.09. The van der Waals surface area contributed by atoms with Crippen molar-refractivity contribution in [2.75, 3.05) is 18.4 Å². The molecule has 6 heteroatoms. The van der Waals surface area contributed by atoms with Crippen molar-refractivity contribution < 1.29 is 0 Å². The zero-order valence-corrected chi connectivity index (χ0v) is 14.8. The number of nitrogens with one attached hydrogen (secondary N) is 1. The average Bonchev–Trinajstić information content (AvgIpc) is 2.55. The minimum Gasteiger partial charge on any atom is -0.398 e. The molecule has 24 heavy (non-hydrogen) atoms. The second-order valence-corrected chi connectivity index (χ2v) is 6.00. The van der Waals surface area contributed by atoms with Gasteiger partial charge in [0.2, 0.25) is 0 Å². The fourth-order valence-corrected chi connectivity index (χ4v) is 2.34. The van der Waals surface area contributed by atoms with Crippen LogP contribution in [0.25, 0.3) is 5.70 Å². The quantitative estimate of drug-likeness (QED) is 0.281. The highest BCUT2D eigenvalue weighted by Crippen LogP contribution is 2.17. The van der Waals surface area contributed by atoms with E-state index in [9.17, 15) is 0 Å². The van der Waals surface area contributed by atoms with Crippen LogP contribution in [-0.4, -0.2) is 23.9 Å². The molecule has 0 radical (unpaired) electrons. The van der Waals surface area contributed by atoms with Gasteiger partial charge in [-0.2, -0.15) is 0 Å². The summed E-state index contributed by atoms with van der Waals surface area (Å²) in [6, 6.07) is 9.78. The third-order valence-electron chi connectivity index (χ3n) is 3.68. The number of aliphatic imine (C=N–C) groups is 1. The first-order valence-electron chi connectivity index (χ1n) is 7.70.